The van der Waals surface area contributed by atoms with E-state index in [1.54, 1.807) is 0 Å². The van der Waals surface area contributed by atoms with Crippen LogP contribution in [-0.2, 0) is 16.6 Å². The fraction of sp³-hybridized carbons (Fsp3) is 0.562. The Hall–Kier alpha value is -1.02. The van der Waals surface area contributed by atoms with Crippen molar-refractivity contribution in [1.29, 1.82) is 0 Å². The van der Waals surface area contributed by atoms with Gasteiger partial charge in [0, 0.05) is 22.9 Å². The maximum atomic E-state index is 11.9. The maximum absolute atomic E-state index is 11.9. The van der Waals surface area contributed by atoms with E-state index in [4.69, 9.17) is 11.6 Å². The van der Waals surface area contributed by atoms with Gasteiger partial charge in [-0.15, -0.1) is 0 Å². The highest BCUT2D eigenvalue weighted by Gasteiger charge is 2.51. The molecule has 1 aromatic rings. The molecule has 1 fully saturated rings. The number of carbonyl (C=O) groups excluding carboxylic acids is 1. The van der Waals surface area contributed by atoms with Gasteiger partial charge in [-0.25, -0.2) is 0 Å². The van der Waals surface area contributed by atoms with Crippen molar-refractivity contribution in [3.8, 4) is 0 Å². The molecule has 1 amide bonds. The Labute approximate surface area is 119 Å². The van der Waals surface area contributed by atoms with E-state index < -0.39 is 0 Å². The first kappa shape index (κ1) is 13.0. The third-order valence-corrected chi connectivity index (χ3v) is 4.86. The summed E-state index contributed by atoms with van der Waals surface area (Å²) in [6, 6.07) is 6.45. The number of aryl methyl sites for hydroxylation is 1. The van der Waals surface area contributed by atoms with Crippen molar-refractivity contribution in [2.45, 2.75) is 51.0 Å². The molecule has 3 rings (SSSR count). The van der Waals surface area contributed by atoms with E-state index in [-0.39, 0.29) is 17.4 Å². The van der Waals surface area contributed by atoms with Gasteiger partial charge in [0.05, 0.1) is 0 Å². The van der Waals surface area contributed by atoms with Crippen LogP contribution in [0.4, 0.5) is 0 Å². The molecule has 1 aromatic carbocycles. The Morgan fingerprint density at radius 2 is 2.26 bits per heavy atom. The first-order valence-electron chi connectivity index (χ1n) is 7.09. The monoisotopic (exact) mass is 277 g/mol. The predicted octanol–water partition coefficient (Wildman–Crippen LogP) is 3.46. The van der Waals surface area contributed by atoms with Gasteiger partial charge in [-0.2, -0.15) is 0 Å². The van der Waals surface area contributed by atoms with Crippen LogP contribution in [0.3, 0.4) is 0 Å². The average Bonchev–Trinajstić information content (AvgIpc) is 2.81. The Balaban J connectivity index is 2.02. The Kier molecular flexibility index (Phi) is 3.09. The van der Waals surface area contributed by atoms with Crippen LogP contribution in [0.2, 0.25) is 5.02 Å². The van der Waals surface area contributed by atoms with Gasteiger partial charge in [0.15, 0.2) is 0 Å². The van der Waals surface area contributed by atoms with Gasteiger partial charge in [0.2, 0.25) is 5.91 Å². The molecule has 19 heavy (non-hydrogen) atoms. The van der Waals surface area contributed by atoms with Crippen LogP contribution in [0.25, 0.3) is 0 Å². The number of benzene rings is 1. The van der Waals surface area contributed by atoms with Gasteiger partial charge in [-0.1, -0.05) is 31.5 Å². The number of hydrogen-bond acceptors (Lipinski definition) is 1. The van der Waals surface area contributed by atoms with Crippen LogP contribution >= 0.6 is 11.6 Å². The highest BCUT2D eigenvalue weighted by molar-refractivity contribution is 6.30. The number of halogens is 1. The molecule has 1 aliphatic heterocycles. The first-order chi connectivity index (χ1) is 9.01. The second-order valence-electron chi connectivity index (χ2n) is 6.38. The molecule has 3 heteroatoms. The van der Waals surface area contributed by atoms with Gasteiger partial charge in [-0.3, -0.25) is 4.79 Å². The van der Waals surface area contributed by atoms with Crippen molar-refractivity contribution in [2.24, 2.45) is 5.92 Å². The second kappa shape index (κ2) is 4.52. The number of nitrogens with one attached hydrogen (secondary N) is 1. The standard InChI is InChI=1S/C16H20ClNO/c1-10(2)7-14-16(9-15(19)18-14)6-5-11-8-12(17)3-4-13(11)16/h3-4,8,10,14H,5-7,9H2,1-2H3,(H,18,19). The molecule has 0 aromatic heterocycles. The maximum Gasteiger partial charge on any atom is 0.221 e. The van der Waals surface area contributed by atoms with Crippen LogP contribution in [0.5, 0.6) is 0 Å². The quantitative estimate of drug-likeness (QED) is 0.881. The summed E-state index contributed by atoms with van der Waals surface area (Å²) in [4.78, 5) is 11.9. The van der Waals surface area contributed by atoms with E-state index in [9.17, 15) is 4.79 Å². The summed E-state index contributed by atoms with van der Waals surface area (Å²) in [6.07, 6.45) is 3.80. The third-order valence-electron chi connectivity index (χ3n) is 4.63. The van der Waals surface area contributed by atoms with Gasteiger partial charge in [-0.05, 0) is 48.4 Å². The van der Waals surface area contributed by atoms with E-state index in [0.717, 1.165) is 24.3 Å². The van der Waals surface area contributed by atoms with Gasteiger partial charge >= 0.3 is 0 Å². The number of amides is 1. The topological polar surface area (TPSA) is 29.1 Å². The van der Waals surface area contributed by atoms with Gasteiger partial charge in [0.1, 0.15) is 0 Å². The molecule has 0 saturated carbocycles. The normalized spacial score (nSPS) is 29.1. The fourth-order valence-electron chi connectivity index (χ4n) is 3.84. The fourth-order valence-corrected chi connectivity index (χ4v) is 4.04. The predicted molar refractivity (Wildman–Crippen MR) is 77.5 cm³/mol. The van der Waals surface area contributed by atoms with E-state index >= 15 is 0 Å². The summed E-state index contributed by atoms with van der Waals surface area (Å²) in [6.45, 7) is 4.44. The number of rotatable bonds is 2. The Morgan fingerprint density at radius 1 is 1.47 bits per heavy atom. The van der Waals surface area contributed by atoms with Crippen molar-refractivity contribution >= 4 is 17.5 Å². The number of carbonyl (C=O) groups is 1. The zero-order valence-electron chi connectivity index (χ0n) is 11.5. The van der Waals surface area contributed by atoms with Gasteiger partial charge in [0.25, 0.3) is 0 Å². The lowest BCUT2D eigenvalue weighted by Crippen LogP contribution is -2.40. The molecule has 102 valence electrons. The van der Waals surface area contributed by atoms with Crippen molar-refractivity contribution in [3.05, 3.63) is 34.3 Å². The van der Waals surface area contributed by atoms with Crippen molar-refractivity contribution in [1.82, 2.24) is 5.32 Å². The summed E-state index contributed by atoms with van der Waals surface area (Å²) in [5, 5.41) is 4.00. The smallest absolute Gasteiger partial charge is 0.221 e. The minimum Gasteiger partial charge on any atom is -0.352 e. The Morgan fingerprint density at radius 3 is 3.00 bits per heavy atom. The van der Waals surface area contributed by atoms with Crippen molar-refractivity contribution < 1.29 is 4.79 Å². The molecule has 1 saturated heterocycles. The summed E-state index contributed by atoms with van der Waals surface area (Å²) in [5.74, 6) is 0.796. The highest BCUT2D eigenvalue weighted by Crippen LogP contribution is 2.48. The van der Waals surface area contributed by atoms with Gasteiger partial charge < -0.3 is 5.32 Å². The SMILES string of the molecule is CC(C)CC1NC(=O)CC12CCc1cc(Cl)ccc12. The molecule has 2 nitrogen and oxygen atoms in total. The van der Waals surface area contributed by atoms with Crippen LogP contribution in [0.1, 0.15) is 44.2 Å². The zero-order chi connectivity index (χ0) is 13.6. The largest absolute Gasteiger partial charge is 0.352 e. The molecule has 0 bridgehead atoms. The van der Waals surface area contributed by atoms with Crippen LogP contribution in [0.15, 0.2) is 18.2 Å². The average molecular weight is 278 g/mol. The number of fused-ring (bicyclic) bond motifs is 2. The van der Waals surface area contributed by atoms with Crippen LogP contribution in [-0.4, -0.2) is 11.9 Å². The van der Waals surface area contributed by atoms with E-state index in [0.29, 0.717) is 12.3 Å². The third kappa shape index (κ3) is 2.06. The summed E-state index contributed by atoms with van der Waals surface area (Å²) in [5.41, 5.74) is 2.69. The molecule has 1 aliphatic carbocycles. The first-order valence-corrected chi connectivity index (χ1v) is 7.47. The minimum absolute atomic E-state index is 0.0152. The minimum atomic E-state index is 0.0152. The summed E-state index contributed by atoms with van der Waals surface area (Å²) in [7, 11) is 0. The lowest BCUT2D eigenvalue weighted by Gasteiger charge is -2.32. The molecular formula is C16H20ClNO. The molecule has 1 spiro atoms. The number of hydrogen-bond donors (Lipinski definition) is 1. The molecule has 1 heterocycles. The molecule has 0 radical (unpaired) electrons. The molecule has 2 atom stereocenters. The summed E-state index contributed by atoms with van der Waals surface area (Å²) >= 11 is 6.09. The lowest BCUT2D eigenvalue weighted by molar-refractivity contribution is -0.119. The molecule has 2 unspecified atom stereocenters. The molecule has 1 N–H and O–H groups in total. The zero-order valence-corrected chi connectivity index (χ0v) is 12.3. The summed E-state index contributed by atoms with van der Waals surface area (Å²) < 4.78 is 0. The van der Waals surface area contributed by atoms with Crippen molar-refractivity contribution in [3.63, 3.8) is 0 Å². The Bertz CT molecular complexity index is 525. The highest BCUT2D eigenvalue weighted by atomic mass is 35.5. The van der Waals surface area contributed by atoms with Crippen molar-refractivity contribution in [2.75, 3.05) is 0 Å². The van der Waals surface area contributed by atoms with Crippen LogP contribution < -0.4 is 5.32 Å². The molecule has 2 aliphatic rings. The van der Waals surface area contributed by atoms with E-state index in [1.165, 1.54) is 11.1 Å². The second-order valence-corrected chi connectivity index (χ2v) is 6.82. The lowest BCUT2D eigenvalue weighted by atomic mass is 9.73. The molecular weight excluding hydrogens is 258 g/mol. The van der Waals surface area contributed by atoms with E-state index in [1.807, 2.05) is 6.07 Å². The van der Waals surface area contributed by atoms with Crippen LogP contribution in [0, 0.1) is 5.92 Å². The van der Waals surface area contributed by atoms with E-state index in [2.05, 4.69) is 31.3 Å².